The van der Waals surface area contributed by atoms with Crippen molar-refractivity contribution in [2.45, 2.75) is 13.0 Å². The zero-order valence-corrected chi connectivity index (χ0v) is 18.6. The molecule has 0 atom stereocenters. The molecule has 1 heterocycles. The largest absolute Gasteiger partial charge is 0.494 e. The number of rotatable bonds is 10. The van der Waals surface area contributed by atoms with Gasteiger partial charge in [0.2, 0.25) is 0 Å². The van der Waals surface area contributed by atoms with E-state index in [9.17, 15) is 4.39 Å². The van der Waals surface area contributed by atoms with Crippen molar-refractivity contribution in [1.82, 2.24) is 9.88 Å². The summed E-state index contributed by atoms with van der Waals surface area (Å²) in [6.07, 6.45) is 0.916. The molecule has 5 nitrogen and oxygen atoms in total. The molecule has 0 saturated heterocycles. The second kappa shape index (κ2) is 11.3. The molecule has 8 heteroatoms. The van der Waals surface area contributed by atoms with Gasteiger partial charge in [0.15, 0.2) is 4.80 Å². The Balaban J connectivity index is 1.93. The summed E-state index contributed by atoms with van der Waals surface area (Å²) in [4.78, 5) is 5.67. The summed E-state index contributed by atoms with van der Waals surface area (Å²) >= 11 is 7.62. The molecule has 2 aromatic carbocycles. The first kappa shape index (κ1) is 22.5. The second-order valence-corrected chi connectivity index (χ2v) is 7.86. The average Bonchev–Trinajstić information content (AvgIpc) is 3.14. The van der Waals surface area contributed by atoms with Crippen LogP contribution in [0.5, 0.6) is 5.75 Å². The van der Waals surface area contributed by atoms with Gasteiger partial charge in [-0.05, 0) is 54.9 Å². The van der Waals surface area contributed by atoms with Gasteiger partial charge < -0.3 is 19.4 Å². The van der Waals surface area contributed by atoms with E-state index in [-0.39, 0.29) is 5.82 Å². The Bertz CT molecular complexity index is 1020. The molecule has 0 aliphatic carbocycles. The van der Waals surface area contributed by atoms with Gasteiger partial charge in [-0.2, -0.15) is 0 Å². The third-order valence-corrected chi connectivity index (χ3v) is 5.61. The Kier molecular flexibility index (Phi) is 8.45. The number of aromatic nitrogens is 1. The maximum atomic E-state index is 13.4. The molecule has 0 aliphatic rings. The summed E-state index contributed by atoms with van der Waals surface area (Å²) in [5.41, 5.74) is 2.66. The zero-order chi connectivity index (χ0) is 21.3. The van der Waals surface area contributed by atoms with Gasteiger partial charge in [0, 0.05) is 36.7 Å². The molecular weight excluding hydrogens is 425 g/mol. The standard InChI is InChI=1S/C22H25ClFN3O2S/c1-28-13-11-25-10-3-12-27-20(16-4-7-18(24)8-5-16)15-30-22(27)26-19-9-6-17(23)14-21(19)29-2/h4-9,14-15,25H,3,10-13H2,1-2H3. The molecule has 0 amide bonds. The zero-order valence-electron chi connectivity index (χ0n) is 17.0. The van der Waals surface area contributed by atoms with Crippen molar-refractivity contribution in [2.75, 3.05) is 33.9 Å². The van der Waals surface area contributed by atoms with Crippen molar-refractivity contribution in [3.05, 3.63) is 63.5 Å². The Morgan fingerprint density at radius 1 is 1.13 bits per heavy atom. The van der Waals surface area contributed by atoms with E-state index in [1.807, 2.05) is 11.4 Å². The lowest BCUT2D eigenvalue weighted by Gasteiger charge is -2.10. The minimum atomic E-state index is -0.251. The van der Waals surface area contributed by atoms with Gasteiger partial charge in [0.25, 0.3) is 0 Å². The number of halogens is 2. The highest BCUT2D eigenvalue weighted by Gasteiger charge is 2.10. The van der Waals surface area contributed by atoms with Gasteiger partial charge in [-0.1, -0.05) is 11.6 Å². The van der Waals surface area contributed by atoms with Crippen LogP contribution >= 0.6 is 22.9 Å². The number of nitrogens with zero attached hydrogens (tertiary/aromatic N) is 2. The molecule has 0 spiro atoms. The fourth-order valence-electron chi connectivity index (χ4n) is 2.99. The van der Waals surface area contributed by atoms with E-state index in [0.717, 1.165) is 42.1 Å². The third-order valence-electron chi connectivity index (χ3n) is 4.51. The molecular formula is C22H25ClFN3O2S. The number of benzene rings is 2. The predicted octanol–water partition coefficient (Wildman–Crippen LogP) is 4.88. The van der Waals surface area contributed by atoms with Gasteiger partial charge >= 0.3 is 0 Å². The fraction of sp³-hybridized carbons (Fsp3) is 0.318. The van der Waals surface area contributed by atoms with Crippen LogP contribution in [0.2, 0.25) is 5.02 Å². The van der Waals surface area contributed by atoms with E-state index >= 15 is 0 Å². The molecule has 30 heavy (non-hydrogen) atoms. The van der Waals surface area contributed by atoms with Crippen LogP contribution < -0.4 is 14.9 Å². The summed E-state index contributed by atoms with van der Waals surface area (Å²) in [7, 11) is 3.29. The van der Waals surface area contributed by atoms with Crippen molar-refractivity contribution in [1.29, 1.82) is 0 Å². The second-order valence-electron chi connectivity index (χ2n) is 6.59. The van der Waals surface area contributed by atoms with Crippen molar-refractivity contribution in [3.63, 3.8) is 0 Å². The molecule has 0 fully saturated rings. The Morgan fingerprint density at radius 3 is 2.67 bits per heavy atom. The van der Waals surface area contributed by atoms with Crippen LogP contribution in [0.1, 0.15) is 6.42 Å². The molecule has 1 aromatic heterocycles. The SMILES string of the molecule is COCCNCCCn1c(-c2ccc(F)cc2)csc1=Nc1ccc(Cl)cc1OC. The van der Waals surface area contributed by atoms with Gasteiger partial charge in [0.1, 0.15) is 17.3 Å². The molecule has 0 unspecified atom stereocenters. The van der Waals surface area contributed by atoms with Crippen LogP contribution in [0, 0.1) is 5.82 Å². The first-order chi connectivity index (χ1) is 14.6. The minimum Gasteiger partial charge on any atom is -0.494 e. The summed E-state index contributed by atoms with van der Waals surface area (Å²) < 4.78 is 26.0. The average molecular weight is 450 g/mol. The lowest BCUT2D eigenvalue weighted by molar-refractivity contribution is 0.199. The number of nitrogens with one attached hydrogen (secondary N) is 1. The normalized spacial score (nSPS) is 11.8. The number of methoxy groups -OCH3 is 2. The van der Waals surface area contributed by atoms with Crippen LogP contribution in [-0.2, 0) is 11.3 Å². The lowest BCUT2D eigenvalue weighted by Crippen LogP contribution is -2.23. The first-order valence-electron chi connectivity index (χ1n) is 9.64. The monoisotopic (exact) mass is 449 g/mol. The van der Waals surface area contributed by atoms with Crippen molar-refractivity contribution < 1.29 is 13.9 Å². The highest BCUT2D eigenvalue weighted by molar-refractivity contribution is 7.07. The van der Waals surface area contributed by atoms with Crippen LogP contribution in [0.3, 0.4) is 0 Å². The topological polar surface area (TPSA) is 47.8 Å². The number of ether oxygens (including phenoxy) is 2. The highest BCUT2D eigenvalue weighted by atomic mass is 35.5. The van der Waals surface area contributed by atoms with E-state index in [0.29, 0.717) is 23.1 Å². The van der Waals surface area contributed by atoms with Crippen molar-refractivity contribution >= 4 is 28.6 Å². The predicted molar refractivity (Wildman–Crippen MR) is 120 cm³/mol. The van der Waals surface area contributed by atoms with Gasteiger partial charge in [-0.15, -0.1) is 11.3 Å². The third kappa shape index (κ3) is 5.92. The maximum Gasteiger partial charge on any atom is 0.190 e. The van der Waals surface area contributed by atoms with E-state index in [1.54, 1.807) is 38.5 Å². The van der Waals surface area contributed by atoms with Gasteiger partial charge in [-0.3, -0.25) is 0 Å². The summed E-state index contributed by atoms with van der Waals surface area (Å²) in [5.74, 6) is 0.366. The van der Waals surface area contributed by atoms with Crippen molar-refractivity contribution in [2.24, 2.45) is 4.99 Å². The maximum absolute atomic E-state index is 13.4. The smallest absolute Gasteiger partial charge is 0.190 e. The molecule has 1 N–H and O–H groups in total. The Labute approximate surface area is 184 Å². The number of hydrogen-bond acceptors (Lipinski definition) is 5. The quantitative estimate of drug-likeness (QED) is 0.449. The lowest BCUT2D eigenvalue weighted by atomic mass is 10.1. The molecule has 3 rings (SSSR count). The highest BCUT2D eigenvalue weighted by Crippen LogP contribution is 2.30. The first-order valence-corrected chi connectivity index (χ1v) is 10.9. The fourth-order valence-corrected chi connectivity index (χ4v) is 4.10. The van der Waals surface area contributed by atoms with E-state index in [4.69, 9.17) is 26.1 Å². The molecule has 3 aromatic rings. The molecule has 0 saturated carbocycles. The number of hydrogen-bond donors (Lipinski definition) is 1. The Morgan fingerprint density at radius 2 is 1.93 bits per heavy atom. The summed E-state index contributed by atoms with van der Waals surface area (Å²) in [6, 6.07) is 11.9. The molecule has 0 radical (unpaired) electrons. The van der Waals surface area contributed by atoms with Crippen molar-refractivity contribution in [3.8, 4) is 17.0 Å². The molecule has 160 valence electrons. The van der Waals surface area contributed by atoms with Gasteiger partial charge in [0.05, 0.1) is 19.4 Å². The molecule has 0 aliphatic heterocycles. The van der Waals surface area contributed by atoms with Crippen LogP contribution in [0.25, 0.3) is 11.3 Å². The Hall–Kier alpha value is -2.19. The number of thiazole rings is 1. The molecule has 0 bridgehead atoms. The van der Waals surface area contributed by atoms with E-state index < -0.39 is 0 Å². The van der Waals surface area contributed by atoms with E-state index in [2.05, 4.69) is 9.88 Å². The van der Waals surface area contributed by atoms with Crippen LogP contribution in [0.15, 0.2) is 52.8 Å². The van der Waals surface area contributed by atoms with Crippen LogP contribution in [-0.4, -0.2) is 38.5 Å². The van der Waals surface area contributed by atoms with Gasteiger partial charge in [-0.25, -0.2) is 9.38 Å². The van der Waals surface area contributed by atoms with Crippen LogP contribution in [0.4, 0.5) is 10.1 Å². The van der Waals surface area contributed by atoms with E-state index in [1.165, 1.54) is 23.5 Å². The minimum absolute atomic E-state index is 0.251. The summed E-state index contributed by atoms with van der Waals surface area (Å²) in [6.45, 7) is 3.13. The summed E-state index contributed by atoms with van der Waals surface area (Å²) in [5, 5.41) is 6.00.